The predicted molar refractivity (Wildman–Crippen MR) is 88.8 cm³/mol. The van der Waals surface area contributed by atoms with Gasteiger partial charge in [-0.15, -0.1) is 0 Å². The Morgan fingerprint density at radius 3 is 1.90 bits per heavy atom. The molecule has 0 radical (unpaired) electrons. The van der Waals surface area contributed by atoms with E-state index in [1.54, 1.807) is 24.3 Å². The van der Waals surface area contributed by atoms with Gasteiger partial charge in [0, 0.05) is 11.4 Å². The number of ether oxygens (including phenoxy) is 1. The number of methoxy groups -OCH3 is 1. The van der Waals surface area contributed by atoms with Crippen LogP contribution in [0.15, 0.2) is 48.5 Å². The molecular formula is C16H16N2O2S. The Hall–Kier alpha value is -2.40. The summed E-state index contributed by atoms with van der Waals surface area (Å²) in [6.45, 7) is 2.03. The lowest BCUT2D eigenvalue weighted by Crippen LogP contribution is -2.19. The maximum Gasteiger partial charge on any atom is 0.337 e. The number of nitrogens with one attached hydrogen (secondary N) is 2. The zero-order valence-corrected chi connectivity index (χ0v) is 12.7. The Balaban J connectivity index is 1.96. The average molecular weight is 300 g/mol. The molecule has 0 unspecified atom stereocenters. The first-order valence-electron chi connectivity index (χ1n) is 6.41. The van der Waals surface area contributed by atoms with Gasteiger partial charge in [-0.05, 0) is 55.5 Å². The van der Waals surface area contributed by atoms with Crippen molar-refractivity contribution < 1.29 is 9.53 Å². The lowest BCUT2D eigenvalue weighted by Gasteiger charge is -2.11. The number of carbonyl (C=O) groups is 1. The van der Waals surface area contributed by atoms with E-state index in [1.807, 2.05) is 31.2 Å². The molecule has 0 saturated heterocycles. The van der Waals surface area contributed by atoms with E-state index in [0.717, 1.165) is 11.4 Å². The third-order valence-corrected chi connectivity index (χ3v) is 3.08. The second-order valence-corrected chi connectivity index (χ2v) is 4.92. The third-order valence-electron chi connectivity index (χ3n) is 2.87. The summed E-state index contributed by atoms with van der Waals surface area (Å²) in [5.41, 5.74) is 3.41. The van der Waals surface area contributed by atoms with Crippen molar-refractivity contribution in [3.05, 3.63) is 59.7 Å². The molecule has 0 fully saturated rings. The van der Waals surface area contributed by atoms with E-state index >= 15 is 0 Å². The Labute approximate surface area is 129 Å². The minimum Gasteiger partial charge on any atom is -0.465 e. The van der Waals surface area contributed by atoms with E-state index in [4.69, 9.17) is 12.2 Å². The number of carbonyl (C=O) groups excluding carboxylic acids is 1. The highest BCUT2D eigenvalue weighted by Gasteiger charge is 2.05. The SMILES string of the molecule is COC(=O)c1ccc(NC(=S)Nc2ccc(C)cc2)cc1. The summed E-state index contributed by atoms with van der Waals surface area (Å²) in [6, 6.07) is 14.9. The van der Waals surface area contributed by atoms with Crippen LogP contribution in [0.3, 0.4) is 0 Å². The quantitative estimate of drug-likeness (QED) is 0.670. The van der Waals surface area contributed by atoms with Gasteiger partial charge in [0.25, 0.3) is 0 Å². The fraction of sp³-hybridized carbons (Fsp3) is 0.125. The van der Waals surface area contributed by atoms with Crippen LogP contribution in [0, 0.1) is 6.92 Å². The number of rotatable bonds is 3. The van der Waals surface area contributed by atoms with Crippen molar-refractivity contribution in [2.75, 3.05) is 17.7 Å². The van der Waals surface area contributed by atoms with Crippen molar-refractivity contribution in [3.8, 4) is 0 Å². The molecule has 0 saturated carbocycles. The van der Waals surface area contributed by atoms with E-state index in [0.29, 0.717) is 10.7 Å². The molecule has 0 aromatic heterocycles. The molecule has 5 heteroatoms. The van der Waals surface area contributed by atoms with Gasteiger partial charge in [-0.3, -0.25) is 0 Å². The van der Waals surface area contributed by atoms with E-state index in [2.05, 4.69) is 15.4 Å². The molecule has 2 N–H and O–H groups in total. The number of anilines is 2. The predicted octanol–water partition coefficient (Wildman–Crippen LogP) is 3.59. The van der Waals surface area contributed by atoms with Crippen LogP contribution in [0.25, 0.3) is 0 Å². The summed E-state index contributed by atoms with van der Waals surface area (Å²) in [7, 11) is 1.36. The molecule has 0 atom stereocenters. The maximum absolute atomic E-state index is 11.3. The molecule has 0 aliphatic heterocycles. The van der Waals surface area contributed by atoms with Crippen LogP contribution in [-0.4, -0.2) is 18.2 Å². The van der Waals surface area contributed by atoms with E-state index in [9.17, 15) is 4.79 Å². The molecule has 21 heavy (non-hydrogen) atoms. The van der Waals surface area contributed by atoms with Crippen molar-refractivity contribution >= 4 is 34.7 Å². The Morgan fingerprint density at radius 1 is 0.952 bits per heavy atom. The number of hydrogen-bond donors (Lipinski definition) is 2. The van der Waals surface area contributed by atoms with Crippen LogP contribution < -0.4 is 10.6 Å². The van der Waals surface area contributed by atoms with Crippen molar-refractivity contribution in [2.45, 2.75) is 6.92 Å². The van der Waals surface area contributed by atoms with Gasteiger partial charge in [-0.25, -0.2) is 4.79 Å². The third kappa shape index (κ3) is 4.29. The fourth-order valence-corrected chi connectivity index (χ4v) is 1.97. The van der Waals surface area contributed by atoms with Gasteiger partial charge in [0.15, 0.2) is 5.11 Å². The van der Waals surface area contributed by atoms with Gasteiger partial charge in [-0.2, -0.15) is 0 Å². The molecule has 2 rings (SSSR count). The molecule has 0 spiro atoms. The summed E-state index contributed by atoms with van der Waals surface area (Å²) >= 11 is 5.24. The molecule has 2 aromatic rings. The fourth-order valence-electron chi connectivity index (χ4n) is 1.74. The summed E-state index contributed by atoms with van der Waals surface area (Å²) < 4.78 is 4.65. The summed E-state index contributed by atoms with van der Waals surface area (Å²) in [4.78, 5) is 11.3. The van der Waals surface area contributed by atoms with Gasteiger partial charge < -0.3 is 15.4 Å². The Morgan fingerprint density at radius 2 is 1.43 bits per heavy atom. The van der Waals surface area contributed by atoms with Gasteiger partial charge >= 0.3 is 5.97 Å². The Bertz CT molecular complexity index is 636. The van der Waals surface area contributed by atoms with E-state index in [-0.39, 0.29) is 5.97 Å². The molecule has 0 heterocycles. The van der Waals surface area contributed by atoms with Crippen molar-refractivity contribution in [3.63, 3.8) is 0 Å². The highest BCUT2D eigenvalue weighted by molar-refractivity contribution is 7.80. The van der Waals surface area contributed by atoms with E-state index in [1.165, 1.54) is 12.7 Å². The smallest absolute Gasteiger partial charge is 0.337 e. The number of thiocarbonyl (C=S) groups is 1. The van der Waals surface area contributed by atoms with Crippen LogP contribution in [0.2, 0.25) is 0 Å². The first-order chi connectivity index (χ1) is 10.1. The molecule has 0 amide bonds. The molecule has 0 aliphatic carbocycles. The second-order valence-electron chi connectivity index (χ2n) is 4.51. The standard InChI is InChI=1S/C16H16N2O2S/c1-11-3-7-13(8-4-11)17-16(21)18-14-9-5-12(6-10-14)15(19)20-2/h3-10H,1-2H3,(H2,17,18,21). The number of esters is 1. The van der Waals surface area contributed by atoms with Crippen molar-refractivity contribution in [2.24, 2.45) is 0 Å². The second kappa shape index (κ2) is 6.85. The molecule has 2 aromatic carbocycles. The monoisotopic (exact) mass is 300 g/mol. The zero-order chi connectivity index (χ0) is 15.2. The number of aryl methyl sites for hydroxylation is 1. The molecule has 4 nitrogen and oxygen atoms in total. The van der Waals surface area contributed by atoms with Gasteiger partial charge in [0.05, 0.1) is 12.7 Å². The van der Waals surface area contributed by atoms with Crippen molar-refractivity contribution in [1.82, 2.24) is 0 Å². The summed E-state index contributed by atoms with van der Waals surface area (Å²) in [5, 5.41) is 6.64. The topological polar surface area (TPSA) is 50.4 Å². The molecular weight excluding hydrogens is 284 g/mol. The number of hydrogen-bond acceptors (Lipinski definition) is 3. The number of benzene rings is 2. The van der Waals surface area contributed by atoms with Gasteiger partial charge in [-0.1, -0.05) is 17.7 Å². The minimum atomic E-state index is -0.359. The van der Waals surface area contributed by atoms with Gasteiger partial charge in [0.1, 0.15) is 0 Å². The molecule has 0 aliphatic rings. The molecule has 0 bridgehead atoms. The summed E-state index contributed by atoms with van der Waals surface area (Å²) in [5.74, 6) is -0.359. The summed E-state index contributed by atoms with van der Waals surface area (Å²) in [6.07, 6.45) is 0. The van der Waals surface area contributed by atoms with Crippen LogP contribution in [0.4, 0.5) is 11.4 Å². The van der Waals surface area contributed by atoms with Crippen LogP contribution >= 0.6 is 12.2 Å². The van der Waals surface area contributed by atoms with Crippen LogP contribution in [-0.2, 0) is 4.74 Å². The minimum absolute atomic E-state index is 0.359. The van der Waals surface area contributed by atoms with Crippen molar-refractivity contribution in [1.29, 1.82) is 0 Å². The zero-order valence-electron chi connectivity index (χ0n) is 11.8. The van der Waals surface area contributed by atoms with Gasteiger partial charge in [0.2, 0.25) is 0 Å². The first-order valence-corrected chi connectivity index (χ1v) is 6.82. The largest absolute Gasteiger partial charge is 0.465 e. The highest BCUT2D eigenvalue weighted by Crippen LogP contribution is 2.12. The Kier molecular flexibility index (Phi) is 4.90. The maximum atomic E-state index is 11.3. The van der Waals surface area contributed by atoms with Crippen LogP contribution in [0.1, 0.15) is 15.9 Å². The normalized spacial score (nSPS) is 9.81. The van der Waals surface area contributed by atoms with E-state index < -0.39 is 0 Å². The molecule has 108 valence electrons. The highest BCUT2D eigenvalue weighted by atomic mass is 32.1. The lowest BCUT2D eigenvalue weighted by molar-refractivity contribution is 0.0601. The lowest BCUT2D eigenvalue weighted by atomic mass is 10.2. The average Bonchev–Trinajstić information content (AvgIpc) is 2.49. The van der Waals surface area contributed by atoms with Crippen LogP contribution in [0.5, 0.6) is 0 Å². The first kappa shape index (κ1) is 15.0.